The second-order valence-electron chi connectivity index (χ2n) is 6.47. The fraction of sp³-hybridized carbons (Fsp3) is 0.421. The number of rotatable bonds is 7. The number of nitrogens with zero attached hydrogens (tertiary/aromatic N) is 1. The van der Waals surface area contributed by atoms with Crippen LogP contribution in [0.3, 0.4) is 0 Å². The van der Waals surface area contributed by atoms with Crippen LogP contribution in [0.5, 0.6) is 5.75 Å². The van der Waals surface area contributed by atoms with Gasteiger partial charge in [-0.25, -0.2) is 9.78 Å². The normalized spacial score (nSPS) is 15.3. The van der Waals surface area contributed by atoms with Crippen molar-refractivity contribution in [2.24, 2.45) is 0 Å². The van der Waals surface area contributed by atoms with E-state index in [4.69, 9.17) is 9.47 Å². The van der Waals surface area contributed by atoms with Crippen molar-refractivity contribution in [3.05, 3.63) is 40.3 Å². The third-order valence-electron chi connectivity index (χ3n) is 4.45. The molecular formula is C19H22N2O5S. The lowest BCUT2D eigenvalue weighted by molar-refractivity contribution is -0.166. The summed E-state index contributed by atoms with van der Waals surface area (Å²) in [5, 5.41) is 15.4. The second-order valence-corrected chi connectivity index (χ2v) is 7.42. The minimum atomic E-state index is -1.35. The standard InChI is InChI=1S/C19H22N2O5S/c1-25-15-7-3-2-6-14(15)21-16(22)10-17-20-13(12-27-17)11-26-18(23)19(24)8-4-5-9-19/h2-3,6-7,12,24H,4-5,8-11H2,1H3,(H,21,22). The molecule has 2 N–H and O–H groups in total. The van der Waals surface area contributed by atoms with Crippen molar-refractivity contribution in [3.8, 4) is 5.75 Å². The molecule has 8 heteroatoms. The largest absolute Gasteiger partial charge is 0.495 e. The highest BCUT2D eigenvalue weighted by Gasteiger charge is 2.40. The highest BCUT2D eigenvalue weighted by molar-refractivity contribution is 7.09. The van der Waals surface area contributed by atoms with Gasteiger partial charge >= 0.3 is 5.97 Å². The predicted molar refractivity (Wildman–Crippen MR) is 101 cm³/mol. The van der Waals surface area contributed by atoms with Crippen molar-refractivity contribution in [3.63, 3.8) is 0 Å². The number of esters is 1. The molecule has 0 radical (unpaired) electrons. The summed E-state index contributed by atoms with van der Waals surface area (Å²) in [4.78, 5) is 28.6. The van der Waals surface area contributed by atoms with Crippen LogP contribution in [-0.2, 0) is 27.4 Å². The second kappa shape index (κ2) is 8.49. The SMILES string of the molecule is COc1ccccc1NC(=O)Cc1nc(COC(=O)C2(O)CCCC2)cs1. The number of aliphatic hydroxyl groups is 1. The smallest absolute Gasteiger partial charge is 0.338 e. The van der Waals surface area contributed by atoms with Crippen LogP contribution in [0, 0.1) is 0 Å². The van der Waals surface area contributed by atoms with E-state index >= 15 is 0 Å². The van der Waals surface area contributed by atoms with Crippen LogP contribution in [-0.4, -0.2) is 34.7 Å². The Kier molecular flexibility index (Phi) is 6.08. The lowest BCUT2D eigenvalue weighted by Gasteiger charge is -2.19. The summed E-state index contributed by atoms with van der Waals surface area (Å²) in [6, 6.07) is 7.16. The van der Waals surface area contributed by atoms with Gasteiger partial charge in [-0.05, 0) is 37.8 Å². The summed E-state index contributed by atoms with van der Waals surface area (Å²) in [6.07, 6.45) is 2.65. The number of benzene rings is 1. The molecule has 2 aromatic rings. The molecular weight excluding hydrogens is 368 g/mol. The number of methoxy groups -OCH3 is 1. The number of nitrogens with one attached hydrogen (secondary N) is 1. The molecule has 1 saturated carbocycles. The number of carbonyl (C=O) groups excluding carboxylic acids is 2. The molecule has 0 bridgehead atoms. The van der Waals surface area contributed by atoms with Gasteiger partial charge in [-0.2, -0.15) is 0 Å². The highest BCUT2D eigenvalue weighted by atomic mass is 32.1. The van der Waals surface area contributed by atoms with E-state index in [1.54, 1.807) is 24.6 Å². The van der Waals surface area contributed by atoms with Gasteiger partial charge in [0.2, 0.25) is 5.91 Å². The molecule has 1 aromatic carbocycles. The van der Waals surface area contributed by atoms with Crippen molar-refractivity contribution in [1.29, 1.82) is 0 Å². The Bertz CT molecular complexity index is 814. The number of amides is 1. The van der Waals surface area contributed by atoms with Crippen molar-refractivity contribution in [2.75, 3.05) is 12.4 Å². The molecule has 27 heavy (non-hydrogen) atoms. The van der Waals surface area contributed by atoms with E-state index < -0.39 is 11.6 Å². The van der Waals surface area contributed by atoms with Crippen LogP contribution < -0.4 is 10.1 Å². The maximum absolute atomic E-state index is 12.2. The zero-order valence-corrected chi connectivity index (χ0v) is 15.9. The van der Waals surface area contributed by atoms with Gasteiger partial charge in [-0.15, -0.1) is 11.3 Å². The number of para-hydroxylation sites is 2. The van der Waals surface area contributed by atoms with Gasteiger partial charge in [0.15, 0.2) is 5.60 Å². The van der Waals surface area contributed by atoms with Crippen molar-refractivity contribution >= 4 is 28.9 Å². The van der Waals surface area contributed by atoms with E-state index in [1.165, 1.54) is 11.3 Å². The molecule has 0 spiro atoms. The summed E-state index contributed by atoms with van der Waals surface area (Å²) in [5.41, 5.74) is -0.191. The number of thiazole rings is 1. The molecule has 1 aliphatic carbocycles. The number of hydrogen-bond donors (Lipinski definition) is 2. The first-order valence-electron chi connectivity index (χ1n) is 8.76. The summed E-state index contributed by atoms with van der Waals surface area (Å²) < 4.78 is 10.4. The third-order valence-corrected chi connectivity index (χ3v) is 5.35. The molecule has 0 saturated heterocycles. The minimum absolute atomic E-state index is 0.00816. The Hall–Kier alpha value is -2.45. The van der Waals surface area contributed by atoms with Gasteiger partial charge in [0.1, 0.15) is 17.4 Å². The van der Waals surface area contributed by atoms with Gasteiger partial charge in [0.25, 0.3) is 0 Å². The van der Waals surface area contributed by atoms with Crippen LogP contribution >= 0.6 is 11.3 Å². The zero-order chi connectivity index (χ0) is 19.3. The van der Waals surface area contributed by atoms with E-state index in [0.717, 1.165) is 12.8 Å². The van der Waals surface area contributed by atoms with Crippen LogP contribution in [0.25, 0.3) is 0 Å². The predicted octanol–water partition coefficient (Wildman–Crippen LogP) is 2.68. The Morgan fingerprint density at radius 1 is 1.30 bits per heavy atom. The number of carbonyl (C=O) groups is 2. The number of ether oxygens (including phenoxy) is 2. The quantitative estimate of drug-likeness (QED) is 0.706. The van der Waals surface area contributed by atoms with Crippen LogP contribution in [0.4, 0.5) is 5.69 Å². The average Bonchev–Trinajstić information content (AvgIpc) is 3.30. The van der Waals surface area contributed by atoms with Gasteiger partial charge in [0, 0.05) is 5.38 Å². The number of aromatic nitrogens is 1. The lowest BCUT2D eigenvalue weighted by Crippen LogP contribution is -2.36. The van der Waals surface area contributed by atoms with Gasteiger partial charge < -0.3 is 19.9 Å². The minimum Gasteiger partial charge on any atom is -0.495 e. The van der Waals surface area contributed by atoms with Crippen molar-refractivity contribution in [1.82, 2.24) is 4.98 Å². The topological polar surface area (TPSA) is 97.8 Å². The van der Waals surface area contributed by atoms with E-state index in [2.05, 4.69) is 10.3 Å². The molecule has 0 atom stereocenters. The monoisotopic (exact) mass is 390 g/mol. The zero-order valence-electron chi connectivity index (χ0n) is 15.1. The summed E-state index contributed by atoms with van der Waals surface area (Å²) in [7, 11) is 1.54. The molecule has 0 aliphatic heterocycles. The van der Waals surface area contributed by atoms with Crippen molar-refractivity contribution < 1.29 is 24.2 Å². The molecule has 144 valence electrons. The van der Waals surface area contributed by atoms with Crippen LogP contribution in [0.1, 0.15) is 36.4 Å². The fourth-order valence-electron chi connectivity index (χ4n) is 3.01. The molecule has 1 aliphatic rings. The highest BCUT2D eigenvalue weighted by Crippen LogP contribution is 2.30. The Morgan fingerprint density at radius 3 is 2.78 bits per heavy atom. The first-order valence-corrected chi connectivity index (χ1v) is 9.64. The first kappa shape index (κ1) is 19.3. The molecule has 3 rings (SSSR count). The Morgan fingerprint density at radius 2 is 2.04 bits per heavy atom. The Balaban J connectivity index is 1.51. The number of anilines is 1. The number of hydrogen-bond acceptors (Lipinski definition) is 7. The van der Waals surface area contributed by atoms with Crippen molar-refractivity contribution in [2.45, 2.75) is 44.3 Å². The van der Waals surface area contributed by atoms with Crippen LogP contribution in [0.15, 0.2) is 29.6 Å². The summed E-state index contributed by atoms with van der Waals surface area (Å²) in [6.45, 7) is -0.00816. The van der Waals surface area contributed by atoms with Gasteiger partial charge in [-0.1, -0.05) is 12.1 Å². The maximum Gasteiger partial charge on any atom is 0.338 e. The van der Waals surface area contributed by atoms with E-state index in [-0.39, 0.29) is 18.9 Å². The van der Waals surface area contributed by atoms with E-state index in [0.29, 0.717) is 35.0 Å². The van der Waals surface area contributed by atoms with Crippen LogP contribution in [0.2, 0.25) is 0 Å². The first-order chi connectivity index (χ1) is 13.0. The van der Waals surface area contributed by atoms with Gasteiger partial charge in [-0.3, -0.25) is 4.79 Å². The third kappa shape index (κ3) is 4.84. The summed E-state index contributed by atoms with van der Waals surface area (Å²) >= 11 is 1.32. The van der Waals surface area contributed by atoms with E-state index in [1.807, 2.05) is 12.1 Å². The molecule has 7 nitrogen and oxygen atoms in total. The lowest BCUT2D eigenvalue weighted by atomic mass is 10.0. The maximum atomic E-state index is 12.2. The molecule has 1 fully saturated rings. The average molecular weight is 390 g/mol. The summed E-state index contributed by atoms with van der Waals surface area (Å²) in [5.74, 6) is -0.219. The van der Waals surface area contributed by atoms with Gasteiger partial charge in [0.05, 0.1) is 24.9 Å². The molecule has 1 aromatic heterocycles. The van der Waals surface area contributed by atoms with E-state index in [9.17, 15) is 14.7 Å². The molecule has 1 heterocycles. The fourth-order valence-corrected chi connectivity index (χ4v) is 3.79. The Labute approximate surface area is 161 Å². The molecule has 1 amide bonds. The molecule has 0 unspecified atom stereocenters.